The van der Waals surface area contributed by atoms with E-state index in [2.05, 4.69) is 21.4 Å². The molecule has 0 aromatic heterocycles. The van der Waals surface area contributed by atoms with Gasteiger partial charge in [-0.25, -0.2) is 13.2 Å². The molecule has 2 N–H and O–H groups in total. The van der Waals surface area contributed by atoms with Crippen molar-refractivity contribution in [1.82, 2.24) is 4.90 Å². The van der Waals surface area contributed by atoms with Crippen LogP contribution in [0.25, 0.3) is 0 Å². The van der Waals surface area contributed by atoms with Crippen LogP contribution in [-0.2, 0) is 10.0 Å². The van der Waals surface area contributed by atoms with E-state index in [-0.39, 0.29) is 15.5 Å². The lowest BCUT2D eigenvalue weighted by molar-refractivity contribution is 0.0692. The van der Waals surface area contributed by atoms with Gasteiger partial charge >= 0.3 is 5.97 Å². The molecule has 2 aromatic carbocycles. The molecule has 1 saturated heterocycles. The molecule has 1 aliphatic rings. The predicted octanol–water partition coefficient (Wildman–Crippen LogP) is 2.98. The van der Waals surface area contributed by atoms with E-state index in [1.54, 1.807) is 12.1 Å². The second-order valence-corrected chi connectivity index (χ2v) is 8.61. The summed E-state index contributed by atoms with van der Waals surface area (Å²) in [4.78, 5) is 15.7. The van der Waals surface area contributed by atoms with E-state index in [9.17, 15) is 18.3 Å². The SMILES string of the molecule is CCN1CCN(c2ccc(NS(=O)(=O)c3ccc(Cl)cc3C(=O)O)cc2)CC1. The molecule has 0 radical (unpaired) electrons. The highest BCUT2D eigenvalue weighted by Gasteiger charge is 2.23. The number of halogens is 1. The Kier molecular flexibility index (Phi) is 6.12. The number of hydrogen-bond acceptors (Lipinski definition) is 5. The molecule has 0 atom stereocenters. The van der Waals surface area contributed by atoms with Gasteiger partial charge in [-0.05, 0) is 49.0 Å². The summed E-state index contributed by atoms with van der Waals surface area (Å²) in [5.41, 5.74) is 1.02. The van der Waals surface area contributed by atoms with Crippen LogP contribution in [0.3, 0.4) is 0 Å². The average molecular weight is 424 g/mol. The van der Waals surface area contributed by atoms with Crippen LogP contribution in [-0.4, -0.2) is 57.1 Å². The highest BCUT2D eigenvalue weighted by molar-refractivity contribution is 7.92. The zero-order valence-electron chi connectivity index (χ0n) is 15.4. The van der Waals surface area contributed by atoms with Crippen molar-refractivity contribution in [3.8, 4) is 0 Å². The molecule has 0 saturated carbocycles. The van der Waals surface area contributed by atoms with Crippen LogP contribution in [0, 0.1) is 0 Å². The standard InChI is InChI=1S/C19H22ClN3O4S/c1-2-22-9-11-23(12-10-22)16-6-4-15(5-7-16)21-28(26,27)18-8-3-14(20)13-17(18)19(24)25/h3-8,13,21H,2,9-12H2,1H3,(H,24,25). The zero-order chi connectivity index (χ0) is 20.3. The van der Waals surface area contributed by atoms with E-state index in [0.717, 1.165) is 44.5 Å². The summed E-state index contributed by atoms with van der Waals surface area (Å²) in [5.74, 6) is -1.36. The molecule has 1 aliphatic heterocycles. The van der Waals surface area contributed by atoms with Gasteiger partial charge in [0.05, 0.1) is 5.56 Å². The minimum absolute atomic E-state index is 0.156. The van der Waals surface area contributed by atoms with Gasteiger partial charge < -0.3 is 14.9 Å². The van der Waals surface area contributed by atoms with Crippen LogP contribution in [0.1, 0.15) is 17.3 Å². The molecule has 3 rings (SSSR count). The van der Waals surface area contributed by atoms with Crippen LogP contribution in [0.5, 0.6) is 0 Å². The maximum Gasteiger partial charge on any atom is 0.337 e. The molecule has 1 fully saturated rings. The topological polar surface area (TPSA) is 90.0 Å². The van der Waals surface area contributed by atoms with Crippen molar-refractivity contribution in [3.05, 3.63) is 53.1 Å². The number of aromatic carboxylic acids is 1. The number of anilines is 2. The fourth-order valence-corrected chi connectivity index (χ4v) is 4.59. The Hall–Kier alpha value is -2.29. The Morgan fingerprint density at radius 3 is 2.32 bits per heavy atom. The van der Waals surface area contributed by atoms with Crippen LogP contribution in [0.2, 0.25) is 5.02 Å². The Morgan fingerprint density at radius 1 is 1.11 bits per heavy atom. The quantitative estimate of drug-likeness (QED) is 0.742. The van der Waals surface area contributed by atoms with E-state index < -0.39 is 16.0 Å². The van der Waals surface area contributed by atoms with Crippen LogP contribution < -0.4 is 9.62 Å². The summed E-state index contributed by atoms with van der Waals surface area (Å²) in [6, 6.07) is 10.7. The highest BCUT2D eigenvalue weighted by Crippen LogP contribution is 2.25. The molecule has 7 nitrogen and oxygen atoms in total. The fraction of sp³-hybridized carbons (Fsp3) is 0.316. The smallest absolute Gasteiger partial charge is 0.337 e. The summed E-state index contributed by atoms with van der Waals surface area (Å²) in [6.45, 7) is 7.03. The summed E-state index contributed by atoms with van der Waals surface area (Å²) in [6.07, 6.45) is 0. The number of rotatable bonds is 6. The van der Waals surface area contributed by atoms with E-state index in [4.69, 9.17) is 11.6 Å². The van der Waals surface area contributed by atoms with E-state index >= 15 is 0 Å². The summed E-state index contributed by atoms with van der Waals surface area (Å²) < 4.78 is 27.8. The number of carboxylic acid groups (broad SMARTS) is 1. The molecule has 1 heterocycles. The normalized spacial score (nSPS) is 15.4. The number of sulfonamides is 1. The van der Waals surface area contributed by atoms with Crippen molar-refractivity contribution < 1.29 is 18.3 Å². The van der Waals surface area contributed by atoms with Gasteiger partial charge in [0.1, 0.15) is 4.90 Å². The molecule has 0 aliphatic carbocycles. The van der Waals surface area contributed by atoms with Crippen LogP contribution >= 0.6 is 11.6 Å². The van der Waals surface area contributed by atoms with Crippen molar-refractivity contribution >= 4 is 39.0 Å². The van der Waals surface area contributed by atoms with Crippen molar-refractivity contribution in [3.63, 3.8) is 0 Å². The van der Waals surface area contributed by atoms with Crippen molar-refractivity contribution in [2.24, 2.45) is 0 Å². The van der Waals surface area contributed by atoms with Gasteiger partial charge in [0.2, 0.25) is 0 Å². The Balaban J connectivity index is 1.76. The first-order chi connectivity index (χ1) is 13.3. The van der Waals surface area contributed by atoms with E-state index in [1.165, 1.54) is 12.1 Å². The van der Waals surface area contributed by atoms with Gasteiger partial charge in [0.25, 0.3) is 10.0 Å². The monoisotopic (exact) mass is 423 g/mol. The maximum absolute atomic E-state index is 12.7. The van der Waals surface area contributed by atoms with Crippen molar-refractivity contribution in [2.75, 3.05) is 42.3 Å². The summed E-state index contributed by atoms with van der Waals surface area (Å²) >= 11 is 5.79. The lowest BCUT2D eigenvalue weighted by atomic mass is 10.2. The third kappa shape index (κ3) is 4.57. The number of carboxylic acids is 1. The number of likely N-dealkylation sites (N-methyl/N-ethyl adjacent to an activating group) is 1. The van der Waals surface area contributed by atoms with Gasteiger partial charge in [-0.15, -0.1) is 0 Å². The van der Waals surface area contributed by atoms with Gasteiger partial charge in [-0.2, -0.15) is 0 Å². The molecule has 0 bridgehead atoms. The van der Waals surface area contributed by atoms with Gasteiger partial charge in [-0.3, -0.25) is 4.72 Å². The second kappa shape index (κ2) is 8.38. The molecule has 9 heteroatoms. The first-order valence-corrected chi connectivity index (χ1v) is 10.8. The molecular formula is C19H22ClN3O4S. The fourth-order valence-electron chi connectivity index (χ4n) is 3.18. The number of piperazine rings is 1. The summed E-state index contributed by atoms with van der Waals surface area (Å²) in [5, 5.41) is 9.43. The highest BCUT2D eigenvalue weighted by atomic mass is 35.5. The predicted molar refractivity (Wildman–Crippen MR) is 110 cm³/mol. The number of carbonyl (C=O) groups is 1. The maximum atomic E-state index is 12.7. The van der Waals surface area contributed by atoms with Gasteiger partial charge in [0, 0.05) is 42.6 Å². The van der Waals surface area contributed by atoms with Crippen molar-refractivity contribution in [2.45, 2.75) is 11.8 Å². The molecule has 28 heavy (non-hydrogen) atoms. The van der Waals surface area contributed by atoms with Crippen molar-refractivity contribution in [1.29, 1.82) is 0 Å². The lowest BCUT2D eigenvalue weighted by Gasteiger charge is -2.35. The average Bonchev–Trinajstić information content (AvgIpc) is 2.68. The molecule has 0 amide bonds. The third-order valence-electron chi connectivity index (χ3n) is 4.77. The number of hydrogen-bond donors (Lipinski definition) is 2. The minimum atomic E-state index is -4.06. The number of benzene rings is 2. The molecule has 0 unspecified atom stereocenters. The van der Waals surface area contributed by atoms with Crippen LogP contribution in [0.4, 0.5) is 11.4 Å². The molecule has 0 spiro atoms. The van der Waals surface area contributed by atoms with Gasteiger partial charge in [0.15, 0.2) is 0 Å². The lowest BCUT2D eigenvalue weighted by Crippen LogP contribution is -2.46. The van der Waals surface area contributed by atoms with Crippen LogP contribution in [0.15, 0.2) is 47.4 Å². The van der Waals surface area contributed by atoms with Gasteiger partial charge in [-0.1, -0.05) is 18.5 Å². The largest absolute Gasteiger partial charge is 0.478 e. The van der Waals surface area contributed by atoms with E-state index in [1.807, 2.05) is 12.1 Å². The summed E-state index contributed by atoms with van der Waals surface area (Å²) in [7, 11) is -4.06. The number of nitrogens with one attached hydrogen (secondary N) is 1. The minimum Gasteiger partial charge on any atom is -0.478 e. The number of nitrogens with zero attached hydrogens (tertiary/aromatic N) is 2. The third-order valence-corrected chi connectivity index (χ3v) is 6.44. The Morgan fingerprint density at radius 2 is 1.75 bits per heavy atom. The first-order valence-electron chi connectivity index (χ1n) is 8.93. The molecular weight excluding hydrogens is 402 g/mol. The zero-order valence-corrected chi connectivity index (χ0v) is 17.0. The first kappa shape index (κ1) is 20.4. The molecule has 2 aromatic rings. The van der Waals surface area contributed by atoms with E-state index in [0.29, 0.717) is 5.69 Å². The Bertz CT molecular complexity index is 956. The second-order valence-electron chi connectivity index (χ2n) is 6.52. The Labute approximate surface area is 169 Å². The molecule has 150 valence electrons.